The normalized spacial score (nSPS) is 25.9. The highest BCUT2D eigenvalue weighted by atomic mass is 16.3. The standard InChI is InChI=1S/C67H103N13O14/c1-38(2)34-51-59(86)68-40(5)61(88)74(13)42(7)57(84)71-50(65(92)78(17)52(36-48-30-24-20-25-31-48)60(87)69-41(6)62(89)80-32-26-21-27-33-80)37-53(82)73(12)44(9)64(91)79(18)55(39(3)4)67(94)75(14)43(8)56(83)70-49(35-47-28-22-19-23-29-47)58(85)72-54(46(11)81)66(93)76(15)45(10)63(90)77(51)16/h19-20,22-25,28-31,38-46,49-52,54-55,81H,21,26-27,32-37H2,1-18H3,(H,68,86)(H,69,87)(H,70,83)(H,71,84)(H,72,85)/t40-,41-,42-,43-,44+,45-,46+,49-,50-,51-,52-,54-,55-/m0/s1. The van der Waals surface area contributed by atoms with E-state index in [-0.39, 0.29) is 31.1 Å². The summed E-state index contributed by atoms with van der Waals surface area (Å²) >= 11 is 0. The Morgan fingerprint density at radius 2 is 1.06 bits per heavy atom. The number of hydrogen-bond donors (Lipinski definition) is 6. The first kappa shape index (κ1) is 78.0. The van der Waals surface area contributed by atoms with E-state index in [0.717, 1.165) is 53.6 Å². The Kier molecular flexibility index (Phi) is 29.1. The van der Waals surface area contributed by atoms with E-state index in [9.17, 15) is 62.6 Å². The predicted octanol–water partition coefficient (Wildman–Crippen LogP) is 0.303. The number of aliphatic hydroxyl groups excluding tert-OH is 1. The number of amides is 13. The van der Waals surface area contributed by atoms with Gasteiger partial charge in [-0.05, 0) is 97.1 Å². The third-order valence-corrected chi connectivity index (χ3v) is 18.2. The Labute approximate surface area is 553 Å². The second kappa shape index (κ2) is 35.1. The van der Waals surface area contributed by atoms with Crippen molar-refractivity contribution in [2.24, 2.45) is 11.8 Å². The van der Waals surface area contributed by atoms with Crippen LogP contribution in [-0.2, 0) is 75.2 Å². The topological polar surface area (TPSA) is 328 Å². The summed E-state index contributed by atoms with van der Waals surface area (Å²) in [6.07, 6.45) is 0.0602. The SMILES string of the molecule is CC(C)C[C@H]1C(=O)N[C@@H](C)C(=O)N(C)[C@@H](C)C(=O)N[C@H](C(=O)N(C)[C@@H](Cc2ccccc2)C(=O)N[C@@H](C)C(=O)N2CCCCC2)CC(=O)N(C)[C@H](C)C(=O)N(C)[C@@H](C(C)C)C(=O)N(C)[C@@H](C)C(=O)N[C@@H](Cc2ccccc2)C(=O)N[C@@H]([C@@H](C)O)C(=O)N(C)[C@@H](C)C(=O)N1C. The van der Waals surface area contributed by atoms with Crippen LogP contribution in [-0.4, -0.2) is 262 Å². The van der Waals surface area contributed by atoms with E-state index in [1.54, 1.807) is 100 Å². The molecule has 2 heterocycles. The molecule has 6 N–H and O–H groups in total. The van der Waals surface area contributed by atoms with E-state index in [4.69, 9.17) is 0 Å². The lowest BCUT2D eigenvalue weighted by molar-refractivity contribution is -0.153. The van der Waals surface area contributed by atoms with Gasteiger partial charge in [0.05, 0.1) is 12.5 Å². The average molecular weight is 1310 g/mol. The molecule has 0 aromatic heterocycles. The fourth-order valence-electron chi connectivity index (χ4n) is 11.4. The Morgan fingerprint density at radius 3 is 1.60 bits per heavy atom. The first-order chi connectivity index (χ1) is 43.9. The van der Waals surface area contributed by atoms with Crippen LogP contribution < -0.4 is 26.6 Å². The van der Waals surface area contributed by atoms with Gasteiger partial charge in [0, 0.05) is 75.3 Å². The third-order valence-electron chi connectivity index (χ3n) is 18.2. The molecule has 27 nitrogen and oxygen atoms in total. The van der Waals surface area contributed by atoms with Gasteiger partial charge in [0.25, 0.3) is 0 Å². The molecule has 520 valence electrons. The molecular formula is C67H103N13O14. The van der Waals surface area contributed by atoms with Crippen molar-refractivity contribution in [1.29, 1.82) is 0 Å². The molecular weight excluding hydrogens is 1210 g/mol. The van der Waals surface area contributed by atoms with E-state index in [1.165, 1.54) is 90.9 Å². The van der Waals surface area contributed by atoms with Crippen LogP contribution in [0.1, 0.15) is 119 Å². The Morgan fingerprint density at radius 1 is 0.564 bits per heavy atom. The number of piperidine rings is 1. The molecule has 13 atom stereocenters. The molecule has 2 fully saturated rings. The minimum Gasteiger partial charge on any atom is -0.391 e. The average Bonchev–Trinajstić information content (AvgIpc) is 0.983. The van der Waals surface area contributed by atoms with Gasteiger partial charge < -0.3 is 70.9 Å². The lowest BCUT2D eigenvalue weighted by Gasteiger charge is -2.38. The molecule has 0 spiro atoms. The predicted molar refractivity (Wildman–Crippen MR) is 351 cm³/mol. The van der Waals surface area contributed by atoms with E-state index in [2.05, 4.69) is 26.6 Å². The van der Waals surface area contributed by atoms with Crippen molar-refractivity contribution in [2.45, 2.75) is 200 Å². The van der Waals surface area contributed by atoms with Gasteiger partial charge in [0.1, 0.15) is 72.5 Å². The fourth-order valence-corrected chi connectivity index (χ4v) is 11.4. The summed E-state index contributed by atoms with van der Waals surface area (Å²) < 4.78 is 0. The van der Waals surface area contributed by atoms with Crippen molar-refractivity contribution in [2.75, 3.05) is 62.4 Å². The van der Waals surface area contributed by atoms with Gasteiger partial charge in [-0.3, -0.25) is 62.3 Å². The highest BCUT2D eigenvalue weighted by Crippen LogP contribution is 2.21. The number of likely N-dealkylation sites (tertiary alicyclic amines) is 1. The summed E-state index contributed by atoms with van der Waals surface area (Å²) in [6.45, 7) is 17.7. The van der Waals surface area contributed by atoms with Crippen LogP contribution in [0.25, 0.3) is 0 Å². The van der Waals surface area contributed by atoms with E-state index >= 15 is 4.79 Å². The number of nitrogens with one attached hydrogen (secondary N) is 5. The van der Waals surface area contributed by atoms with E-state index < -0.39 is 162 Å². The molecule has 2 aliphatic heterocycles. The molecule has 0 unspecified atom stereocenters. The van der Waals surface area contributed by atoms with E-state index in [0.29, 0.717) is 24.2 Å². The Bertz CT molecular complexity index is 3020. The first-order valence-corrected chi connectivity index (χ1v) is 32.4. The molecule has 13 amide bonds. The molecule has 2 aliphatic rings. The number of benzene rings is 2. The number of likely N-dealkylation sites (N-methyl/N-ethyl adjacent to an activating group) is 7. The summed E-state index contributed by atoms with van der Waals surface area (Å²) in [4.78, 5) is 198. The van der Waals surface area contributed by atoms with Crippen molar-refractivity contribution in [1.82, 2.24) is 65.8 Å². The molecule has 0 bridgehead atoms. The zero-order valence-corrected chi connectivity index (χ0v) is 58.1. The van der Waals surface area contributed by atoms with Crippen LogP contribution >= 0.6 is 0 Å². The van der Waals surface area contributed by atoms with Gasteiger partial charge in [-0.25, -0.2) is 0 Å². The largest absolute Gasteiger partial charge is 0.391 e. The summed E-state index contributed by atoms with van der Waals surface area (Å²) in [5.41, 5.74) is 1.21. The summed E-state index contributed by atoms with van der Waals surface area (Å²) in [7, 11) is 9.20. The van der Waals surface area contributed by atoms with Crippen molar-refractivity contribution in [3.05, 3.63) is 71.8 Å². The Hall–Kier alpha value is -8.49. The van der Waals surface area contributed by atoms with Crippen molar-refractivity contribution >= 4 is 76.8 Å². The van der Waals surface area contributed by atoms with Crippen molar-refractivity contribution < 1.29 is 67.4 Å². The van der Waals surface area contributed by atoms with Gasteiger partial charge in [-0.1, -0.05) is 88.4 Å². The van der Waals surface area contributed by atoms with Gasteiger partial charge >= 0.3 is 0 Å². The van der Waals surface area contributed by atoms with Gasteiger partial charge in [-0.2, -0.15) is 0 Å². The minimum atomic E-state index is -1.79. The van der Waals surface area contributed by atoms with Gasteiger partial charge in [-0.15, -0.1) is 0 Å². The summed E-state index contributed by atoms with van der Waals surface area (Å²) in [6, 6.07) is 0.831. The molecule has 0 saturated carbocycles. The van der Waals surface area contributed by atoms with Crippen LogP contribution in [0.5, 0.6) is 0 Å². The number of hydrogen-bond acceptors (Lipinski definition) is 14. The Balaban J connectivity index is 1.85. The molecule has 2 aromatic rings. The third kappa shape index (κ3) is 20.3. The molecule has 27 heteroatoms. The van der Waals surface area contributed by atoms with Crippen LogP contribution in [0.3, 0.4) is 0 Å². The maximum Gasteiger partial charge on any atom is 0.248 e. The quantitative estimate of drug-likeness (QED) is 0.157. The first-order valence-electron chi connectivity index (χ1n) is 32.4. The maximum absolute atomic E-state index is 15.2. The van der Waals surface area contributed by atoms with Gasteiger partial charge in [0.2, 0.25) is 76.8 Å². The monoisotopic (exact) mass is 1310 g/mol. The highest BCUT2D eigenvalue weighted by Gasteiger charge is 2.43. The maximum atomic E-state index is 15.2. The zero-order chi connectivity index (χ0) is 70.9. The lowest BCUT2D eigenvalue weighted by atomic mass is 9.99. The second-order valence-corrected chi connectivity index (χ2v) is 26.0. The number of rotatable bonds is 13. The molecule has 2 aromatic carbocycles. The van der Waals surface area contributed by atoms with Crippen molar-refractivity contribution in [3.8, 4) is 0 Å². The fraction of sp³-hybridized carbons (Fsp3) is 0.627. The number of aliphatic hydroxyl groups is 1. The van der Waals surface area contributed by atoms with Crippen LogP contribution in [0.2, 0.25) is 0 Å². The van der Waals surface area contributed by atoms with Crippen LogP contribution in [0, 0.1) is 11.8 Å². The molecule has 0 aliphatic carbocycles. The number of carbonyl (C=O) groups is 13. The molecule has 0 radical (unpaired) electrons. The van der Waals surface area contributed by atoms with E-state index in [1.807, 2.05) is 0 Å². The molecule has 4 rings (SSSR count). The summed E-state index contributed by atoms with van der Waals surface area (Å²) in [5, 5.41) is 24.4. The summed E-state index contributed by atoms with van der Waals surface area (Å²) in [5.74, 6) is -11.0. The lowest BCUT2D eigenvalue weighted by Crippen LogP contribution is -2.62. The highest BCUT2D eigenvalue weighted by molar-refractivity contribution is 6.01. The second-order valence-electron chi connectivity index (χ2n) is 26.0. The zero-order valence-electron chi connectivity index (χ0n) is 58.1. The van der Waals surface area contributed by atoms with Crippen molar-refractivity contribution in [3.63, 3.8) is 0 Å². The van der Waals surface area contributed by atoms with Crippen LogP contribution in [0.4, 0.5) is 0 Å². The number of nitrogens with zero attached hydrogens (tertiary/aromatic N) is 8. The minimum absolute atomic E-state index is 0.0702. The molecule has 94 heavy (non-hydrogen) atoms. The van der Waals surface area contributed by atoms with Gasteiger partial charge in [0.15, 0.2) is 0 Å². The van der Waals surface area contributed by atoms with Crippen LogP contribution in [0.15, 0.2) is 60.7 Å². The smallest absolute Gasteiger partial charge is 0.248 e. The molecule has 2 saturated heterocycles. The number of carbonyl (C=O) groups excluding carboxylic acids is 13.